The number of fused-ring (bicyclic) bond motifs is 3. The van der Waals surface area contributed by atoms with Gasteiger partial charge in [-0.05, 0) is 11.6 Å². The van der Waals surface area contributed by atoms with Gasteiger partial charge in [-0.25, -0.2) is 9.97 Å². The molecule has 0 saturated carbocycles. The molecule has 4 rings (SSSR count). The van der Waals surface area contributed by atoms with Gasteiger partial charge in [0.1, 0.15) is 17.7 Å². The molecule has 5 nitrogen and oxygen atoms in total. The third-order valence-corrected chi connectivity index (χ3v) is 3.98. The molecule has 0 amide bonds. The molecule has 0 bridgehead atoms. The standard InChI is InChI=1S/C19H11N5/c20-10-15-16(11-21)23-19-18(22-15)14-8-4-5-9-17(14)24(19)12-13-6-2-1-3-7-13/h1-9H,12H2. The van der Waals surface area contributed by atoms with Crippen LogP contribution in [0.15, 0.2) is 54.6 Å². The second kappa shape index (κ2) is 5.49. The number of hydrogen-bond donors (Lipinski definition) is 0. The lowest BCUT2D eigenvalue weighted by Crippen LogP contribution is -2.03. The molecule has 112 valence electrons. The van der Waals surface area contributed by atoms with Crippen LogP contribution in [0.3, 0.4) is 0 Å². The third-order valence-electron chi connectivity index (χ3n) is 3.98. The van der Waals surface area contributed by atoms with E-state index in [0.29, 0.717) is 17.7 Å². The Morgan fingerprint density at radius 2 is 1.50 bits per heavy atom. The Hall–Kier alpha value is -3.70. The van der Waals surface area contributed by atoms with Crippen LogP contribution in [0.25, 0.3) is 22.1 Å². The summed E-state index contributed by atoms with van der Waals surface area (Å²) in [5.74, 6) is 0. The van der Waals surface area contributed by atoms with Gasteiger partial charge in [0.25, 0.3) is 0 Å². The summed E-state index contributed by atoms with van der Waals surface area (Å²) in [5, 5.41) is 19.4. The lowest BCUT2D eigenvalue weighted by Gasteiger charge is -2.07. The average molecular weight is 309 g/mol. The Morgan fingerprint density at radius 1 is 0.833 bits per heavy atom. The number of para-hydroxylation sites is 1. The largest absolute Gasteiger partial charge is 0.319 e. The lowest BCUT2D eigenvalue weighted by atomic mass is 10.2. The summed E-state index contributed by atoms with van der Waals surface area (Å²) in [5.41, 5.74) is 3.50. The van der Waals surface area contributed by atoms with Crippen LogP contribution in [0, 0.1) is 22.7 Å². The fraction of sp³-hybridized carbons (Fsp3) is 0.0526. The van der Waals surface area contributed by atoms with Crippen molar-refractivity contribution in [2.45, 2.75) is 6.54 Å². The maximum atomic E-state index is 9.25. The van der Waals surface area contributed by atoms with E-state index in [1.165, 1.54) is 0 Å². The number of aromatic nitrogens is 3. The third kappa shape index (κ3) is 2.08. The van der Waals surface area contributed by atoms with Gasteiger partial charge in [0.2, 0.25) is 0 Å². The van der Waals surface area contributed by atoms with Crippen molar-refractivity contribution in [1.29, 1.82) is 10.5 Å². The molecule has 4 aromatic rings. The second-order valence-corrected chi connectivity index (χ2v) is 5.41. The van der Waals surface area contributed by atoms with Crippen molar-refractivity contribution in [3.05, 3.63) is 71.5 Å². The summed E-state index contributed by atoms with van der Waals surface area (Å²) in [7, 11) is 0. The Labute approximate surface area is 138 Å². The number of rotatable bonds is 2. The molecule has 0 aliphatic carbocycles. The smallest absolute Gasteiger partial charge is 0.179 e. The molecule has 0 radical (unpaired) electrons. The first kappa shape index (κ1) is 13.9. The fourth-order valence-corrected chi connectivity index (χ4v) is 2.90. The van der Waals surface area contributed by atoms with E-state index in [2.05, 4.69) is 9.97 Å². The minimum atomic E-state index is 0.0575. The highest BCUT2D eigenvalue weighted by molar-refractivity contribution is 6.04. The molecular formula is C19H11N5. The summed E-state index contributed by atoms with van der Waals surface area (Å²) in [6.07, 6.45) is 0. The zero-order chi connectivity index (χ0) is 16.5. The predicted molar refractivity (Wildman–Crippen MR) is 90.0 cm³/mol. The number of benzene rings is 2. The molecule has 2 aromatic carbocycles. The molecule has 2 heterocycles. The summed E-state index contributed by atoms with van der Waals surface area (Å²) in [4.78, 5) is 8.80. The Bertz CT molecular complexity index is 1140. The van der Waals surface area contributed by atoms with Gasteiger partial charge >= 0.3 is 0 Å². The molecule has 0 spiro atoms. The lowest BCUT2D eigenvalue weighted by molar-refractivity contribution is 0.853. The zero-order valence-corrected chi connectivity index (χ0v) is 12.6. The molecule has 0 unspecified atom stereocenters. The van der Waals surface area contributed by atoms with Crippen LogP contribution in [0.1, 0.15) is 17.0 Å². The highest BCUT2D eigenvalue weighted by Crippen LogP contribution is 2.28. The van der Waals surface area contributed by atoms with E-state index in [-0.39, 0.29) is 11.4 Å². The Kier molecular flexibility index (Phi) is 3.19. The van der Waals surface area contributed by atoms with Crippen LogP contribution >= 0.6 is 0 Å². The maximum absolute atomic E-state index is 9.25. The van der Waals surface area contributed by atoms with Crippen LogP contribution in [0.5, 0.6) is 0 Å². The number of nitrogens with zero attached hydrogens (tertiary/aromatic N) is 5. The topological polar surface area (TPSA) is 78.3 Å². The first-order chi connectivity index (χ1) is 11.8. The monoisotopic (exact) mass is 309 g/mol. The van der Waals surface area contributed by atoms with Gasteiger partial charge in [0.15, 0.2) is 17.0 Å². The van der Waals surface area contributed by atoms with Crippen molar-refractivity contribution in [1.82, 2.24) is 14.5 Å². The van der Waals surface area contributed by atoms with E-state index in [1.54, 1.807) is 0 Å². The van der Waals surface area contributed by atoms with Gasteiger partial charge in [-0.2, -0.15) is 10.5 Å². The molecular weight excluding hydrogens is 298 g/mol. The van der Waals surface area contributed by atoms with Crippen molar-refractivity contribution < 1.29 is 0 Å². The average Bonchev–Trinajstić information content (AvgIpc) is 2.94. The summed E-state index contributed by atoms with van der Waals surface area (Å²) < 4.78 is 2.04. The van der Waals surface area contributed by atoms with E-state index in [4.69, 9.17) is 0 Å². The van der Waals surface area contributed by atoms with Crippen molar-refractivity contribution in [3.63, 3.8) is 0 Å². The molecule has 0 saturated heterocycles. The van der Waals surface area contributed by atoms with E-state index in [1.807, 2.05) is 71.3 Å². The summed E-state index contributed by atoms with van der Waals surface area (Å²) >= 11 is 0. The van der Waals surface area contributed by atoms with E-state index < -0.39 is 0 Å². The molecule has 0 fully saturated rings. The Morgan fingerprint density at radius 3 is 2.25 bits per heavy atom. The van der Waals surface area contributed by atoms with Crippen molar-refractivity contribution >= 4 is 22.1 Å². The van der Waals surface area contributed by atoms with Gasteiger partial charge in [0, 0.05) is 11.9 Å². The van der Waals surface area contributed by atoms with Crippen molar-refractivity contribution in [2.75, 3.05) is 0 Å². The minimum absolute atomic E-state index is 0.0575. The molecule has 0 aliphatic heterocycles. The molecule has 0 aliphatic rings. The highest BCUT2D eigenvalue weighted by atomic mass is 15.1. The molecule has 2 aromatic heterocycles. The molecule has 24 heavy (non-hydrogen) atoms. The van der Waals surface area contributed by atoms with E-state index >= 15 is 0 Å². The van der Waals surface area contributed by atoms with Crippen LogP contribution in [0.2, 0.25) is 0 Å². The normalized spacial score (nSPS) is 10.6. The first-order valence-corrected chi connectivity index (χ1v) is 7.45. The number of hydrogen-bond acceptors (Lipinski definition) is 4. The molecule has 0 N–H and O–H groups in total. The van der Waals surface area contributed by atoms with Gasteiger partial charge in [-0.15, -0.1) is 0 Å². The Balaban J connectivity index is 2.07. The molecule has 5 heteroatoms. The van der Waals surface area contributed by atoms with Crippen LogP contribution in [-0.4, -0.2) is 14.5 Å². The van der Waals surface area contributed by atoms with Crippen molar-refractivity contribution in [2.24, 2.45) is 0 Å². The highest BCUT2D eigenvalue weighted by Gasteiger charge is 2.17. The molecule has 0 atom stereocenters. The maximum Gasteiger partial charge on any atom is 0.179 e. The quantitative estimate of drug-likeness (QED) is 0.568. The van der Waals surface area contributed by atoms with Crippen LogP contribution < -0.4 is 0 Å². The second-order valence-electron chi connectivity index (χ2n) is 5.41. The van der Waals surface area contributed by atoms with Crippen LogP contribution in [0.4, 0.5) is 0 Å². The SMILES string of the molecule is N#Cc1nc2c3ccccc3n(Cc3ccccc3)c2nc1C#N. The zero-order valence-electron chi connectivity index (χ0n) is 12.6. The van der Waals surface area contributed by atoms with Gasteiger partial charge < -0.3 is 4.57 Å². The predicted octanol–water partition coefficient (Wildman–Crippen LogP) is 3.38. The van der Waals surface area contributed by atoms with Gasteiger partial charge in [-0.3, -0.25) is 0 Å². The fourth-order valence-electron chi connectivity index (χ4n) is 2.90. The van der Waals surface area contributed by atoms with Crippen LogP contribution in [-0.2, 0) is 6.54 Å². The van der Waals surface area contributed by atoms with E-state index in [0.717, 1.165) is 16.5 Å². The van der Waals surface area contributed by atoms with Crippen molar-refractivity contribution in [3.8, 4) is 12.1 Å². The summed E-state index contributed by atoms with van der Waals surface area (Å²) in [6.45, 7) is 0.621. The minimum Gasteiger partial charge on any atom is -0.319 e. The summed E-state index contributed by atoms with van der Waals surface area (Å²) in [6, 6.07) is 21.8. The number of nitriles is 2. The van der Waals surface area contributed by atoms with E-state index in [9.17, 15) is 10.5 Å². The first-order valence-electron chi connectivity index (χ1n) is 7.45. The van der Waals surface area contributed by atoms with Gasteiger partial charge in [0.05, 0.1) is 5.52 Å². The van der Waals surface area contributed by atoms with Gasteiger partial charge in [-0.1, -0.05) is 48.5 Å².